The molecule has 0 aromatic rings. The molecular weight excluding hydrogens is 189 g/mol. The monoisotopic (exact) mass is 207 g/mol. The molecule has 2 aliphatic rings. The van der Waals surface area contributed by atoms with E-state index in [4.69, 9.17) is 9.31 Å². The van der Waals surface area contributed by atoms with Crippen LogP contribution in [-0.4, -0.2) is 24.9 Å². The number of dihydropyridines is 1. The first kappa shape index (κ1) is 10.8. The Kier molecular flexibility index (Phi) is 2.43. The largest absolute Gasteiger partial charge is 0.494 e. The van der Waals surface area contributed by atoms with Crippen molar-refractivity contribution in [1.29, 1.82) is 0 Å². The van der Waals surface area contributed by atoms with E-state index in [9.17, 15) is 0 Å². The molecule has 0 bridgehead atoms. The van der Waals surface area contributed by atoms with Crippen LogP contribution in [0.3, 0.4) is 0 Å². The fourth-order valence-electron chi connectivity index (χ4n) is 1.62. The van der Waals surface area contributed by atoms with Crippen molar-refractivity contribution in [2.24, 2.45) is 0 Å². The van der Waals surface area contributed by atoms with Gasteiger partial charge in [0.05, 0.1) is 11.2 Å². The number of hydrogen-bond acceptors (Lipinski definition) is 3. The smallest absolute Gasteiger partial charge is 0.399 e. The van der Waals surface area contributed by atoms with E-state index in [0.29, 0.717) is 0 Å². The Balaban J connectivity index is 2.16. The lowest BCUT2D eigenvalue weighted by atomic mass is 9.77. The molecule has 4 heteroatoms. The van der Waals surface area contributed by atoms with Crippen molar-refractivity contribution in [2.75, 3.05) is 6.54 Å². The Hall–Kier alpha value is -0.735. The standard InChI is InChI=1S/C11H18BNO2/c1-10(2)11(3,4)15-12(14-10)9-5-7-13-8-6-9/h5-7,13H,8H2,1-4H3. The van der Waals surface area contributed by atoms with E-state index < -0.39 is 0 Å². The average molecular weight is 207 g/mol. The molecular formula is C11H18BNO2. The van der Waals surface area contributed by atoms with Crippen LogP contribution < -0.4 is 5.32 Å². The van der Waals surface area contributed by atoms with Gasteiger partial charge in [0.2, 0.25) is 0 Å². The number of rotatable bonds is 1. The maximum atomic E-state index is 5.93. The Morgan fingerprint density at radius 1 is 1.20 bits per heavy atom. The fraction of sp³-hybridized carbons (Fsp3) is 0.636. The van der Waals surface area contributed by atoms with Crippen molar-refractivity contribution in [3.63, 3.8) is 0 Å². The predicted octanol–water partition coefficient (Wildman–Crippen LogP) is 1.66. The van der Waals surface area contributed by atoms with Crippen LogP contribution in [0.4, 0.5) is 0 Å². The molecule has 0 aromatic heterocycles. The van der Waals surface area contributed by atoms with Crippen LogP contribution in [0.5, 0.6) is 0 Å². The summed E-state index contributed by atoms with van der Waals surface area (Å²) in [5, 5.41) is 3.11. The van der Waals surface area contributed by atoms with Crippen molar-refractivity contribution in [2.45, 2.75) is 38.9 Å². The van der Waals surface area contributed by atoms with Gasteiger partial charge in [-0.1, -0.05) is 6.08 Å². The van der Waals surface area contributed by atoms with Crippen molar-refractivity contribution in [3.05, 3.63) is 23.8 Å². The van der Waals surface area contributed by atoms with Gasteiger partial charge in [-0.2, -0.15) is 0 Å². The molecule has 0 atom stereocenters. The molecule has 2 heterocycles. The molecule has 0 radical (unpaired) electrons. The third-order valence-corrected chi connectivity index (χ3v) is 3.37. The highest BCUT2D eigenvalue weighted by molar-refractivity contribution is 6.55. The van der Waals surface area contributed by atoms with Crippen LogP contribution in [0.2, 0.25) is 0 Å². The van der Waals surface area contributed by atoms with Crippen molar-refractivity contribution < 1.29 is 9.31 Å². The first-order valence-corrected chi connectivity index (χ1v) is 5.38. The Labute approximate surface area is 91.7 Å². The molecule has 2 rings (SSSR count). The van der Waals surface area contributed by atoms with Gasteiger partial charge in [0.1, 0.15) is 0 Å². The Morgan fingerprint density at radius 3 is 2.27 bits per heavy atom. The van der Waals surface area contributed by atoms with Gasteiger partial charge < -0.3 is 14.6 Å². The molecule has 1 N–H and O–H groups in total. The summed E-state index contributed by atoms with van der Waals surface area (Å²) in [5.74, 6) is 0. The summed E-state index contributed by atoms with van der Waals surface area (Å²) in [4.78, 5) is 0. The van der Waals surface area contributed by atoms with E-state index in [1.54, 1.807) is 0 Å². The zero-order valence-corrected chi connectivity index (χ0v) is 9.83. The van der Waals surface area contributed by atoms with E-state index in [1.165, 1.54) is 0 Å². The van der Waals surface area contributed by atoms with E-state index >= 15 is 0 Å². The minimum atomic E-state index is -0.253. The molecule has 15 heavy (non-hydrogen) atoms. The first-order valence-electron chi connectivity index (χ1n) is 5.38. The Bertz CT molecular complexity index is 305. The van der Waals surface area contributed by atoms with Crippen molar-refractivity contribution in [1.82, 2.24) is 5.32 Å². The third kappa shape index (κ3) is 1.84. The average Bonchev–Trinajstić information content (AvgIpc) is 2.38. The normalized spacial score (nSPS) is 27.5. The summed E-state index contributed by atoms with van der Waals surface area (Å²) in [7, 11) is -0.228. The van der Waals surface area contributed by atoms with Crippen molar-refractivity contribution in [3.8, 4) is 0 Å². The minimum absolute atomic E-state index is 0.228. The summed E-state index contributed by atoms with van der Waals surface area (Å²) in [6, 6.07) is 0. The van der Waals surface area contributed by atoms with E-state index in [2.05, 4.69) is 39.1 Å². The predicted molar refractivity (Wildman–Crippen MR) is 61.3 cm³/mol. The zero-order chi connectivity index (χ0) is 11.1. The molecule has 82 valence electrons. The minimum Gasteiger partial charge on any atom is -0.399 e. The van der Waals surface area contributed by atoms with Gasteiger partial charge in [0, 0.05) is 6.54 Å². The maximum Gasteiger partial charge on any atom is 0.494 e. The molecule has 0 amide bonds. The summed E-state index contributed by atoms with van der Waals surface area (Å²) in [5.41, 5.74) is 0.599. The lowest BCUT2D eigenvalue weighted by Gasteiger charge is -2.32. The van der Waals surface area contributed by atoms with Gasteiger partial charge >= 0.3 is 7.12 Å². The fourth-order valence-corrected chi connectivity index (χ4v) is 1.62. The molecule has 2 aliphatic heterocycles. The van der Waals surface area contributed by atoms with Crippen LogP contribution in [0.1, 0.15) is 27.7 Å². The second-order valence-corrected chi connectivity index (χ2v) is 5.03. The summed E-state index contributed by atoms with van der Waals surface area (Å²) >= 11 is 0. The van der Waals surface area contributed by atoms with Crippen molar-refractivity contribution >= 4 is 7.12 Å². The molecule has 0 saturated carbocycles. The van der Waals surface area contributed by atoms with Crippen LogP contribution in [0.15, 0.2) is 23.8 Å². The maximum absolute atomic E-state index is 5.93. The molecule has 0 aliphatic carbocycles. The molecule has 0 spiro atoms. The third-order valence-electron chi connectivity index (χ3n) is 3.37. The van der Waals surface area contributed by atoms with Crippen LogP contribution >= 0.6 is 0 Å². The molecule has 1 saturated heterocycles. The highest BCUT2D eigenvalue weighted by Gasteiger charge is 2.52. The topological polar surface area (TPSA) is 30.5 Å². The zero-order valence-electron chi connectivity index (χ0n) is 9.83. The second kappa shape index (κ2) is 3.39. The summed E-state index contributed by atoms with van der Waals surface area (Å²) < 4.78 is 11.9. The van der Waals surface area contributed by atoms with E-state index in [0.717, 1.165) is 12.0 Å². The van der Waals surface area contributed by atoms with Gasteiger partial charge in [-0.25, -0.2) is 0 Å². The number of nitrogens with one attached hydrogen (secondary N) is 1. The van der Waals surface area contributed by atoms with Crippen LogP contribution in [-0.2, 0) is 9.31 Å². The van der Waals surface area contributed by atoms with Gasteiger partial charge in [0.25, 0.3) is 0 Å². The van der Waals surface area contributed by atoms with Gasteiger partial charge in [0.15, 0.2) is 0 Å². The van der Waals surface area contributed by atoms with Gasteiger partial charge in [-0.3, -0.25) is 0 Å². The summed E-state index contributed by atoms with van der Waals surface area (Å²) in [6.45, 7) is 9.11. The molecule has 0 unspecified atom stereocenters. The number of allylic oxidation sites excluding steroid dienone is 2. The first-order chi connectivity index (χ1) is 6.92. The molecule has 3 nitrogen and oxygen atoms in total. The lowest BCUT2D eigenvalue weighted by Crippen LogP contribution is -2.41. The van der Waals surface area contributed by atoms with E-state index in [-0.39, 0.29) is 18.3 Å². The highest BCUT2D eigenvalue weighted by atomic mass is 16.7. The van der Waals surface area contributed by atoms with Gasteiger partial charge in [-0.15, -0.1) is 0 Å². The summed E-state index contributed by atoms with van der Waals surface area (Å²) in [6.07, 6.45) is 6.04. The Morgan fingerprint density at radius 2 is 1.80 bits per heavy atom. The highest BCUT2D eigenvalue weighted by Crippen LogP contribution is 2.38. The SMILES string of the molecule is CC1(C)OB(C2=CCNC=C2)OC1(C)C. The molecule has 1 fully saturated rings. The quantitative estimate of drug-likeness (QED) is 0.663. The molecule has 0 aromatic carbocycles. The lowest BCUT2D eigenvalue weighted by molar-refractivity contribution is 0.00578. The number of hydrogen-bond donors (Lipinski definition) is 1. The second-order valence-electron chi connectivity index (χ2n) is 5.03. The van der Waals surface area contributed by atoms with E-state index in [1.807, 2.05) is 12.3 Å². The van der Waals surface area contributed by atoms with Crippen LogP contribution in [0, 0.1) is 0 Å². The van der Waals surface area contributed by atoms with Crippen LogP contribution in [0.25, 0.3) is 0 Å². The van der Waals surface area contributed by atoms with Gasteiger partial charge in [-0.05, 0) is 45.4 Å².